The molecule has 0 radical (unpaired) electrons. The van der Waals surface area contributed by atoms with Gasteiger partial charge in [0, 0.05) is 37.5 Å². The zero-order valence-corrected chi connectivity index (χ0v) is 25.2. The van der Waals surface area contributed by atoms with E-state index in [1.807, 2.05) is 26.2 Å². The Bertz CT molecular complexity index is 1630. The Hall–Kier alpha value is -4.50. The lowest BCUT2D eigenvalue weighted by Crippen LogP contribution is -2.68. The van der Waals surface area contributed by atoms with Crippen LogP contribution in [-0.4, -0.2) is 38.5 Å². The Morgan fingerprint density at radius 3 is 1.95 bits per heavy atom. The van der Waals surface area contributed by atoms with Gasteiger partial charge in [-0.25, -0.2) is 23.2 Å². The maximum Gasteiger partial charge on any atom is 0.199 e. The molecule has 2 aliphatic rings. The van der Waals surface area contributed by atoms with E-state index in [4.69, 9.17) is 23.4 Å². The predicted molar refractivity (Wildman–Crippen MR) is 162 cm³/mol. The molecule has 43 heavy (non-hydrogen) atoms. The third kappa shape index (κ3) is 9.51. The molecule has 1 heterocycles. The minimum Gasteiger partial charge on any atom is -0.457 e. The molecule has 5 rings (SSSR count). The molecule has 220 valence electrons. The highest BCUT2D eigenvalue weighted by molar-refractivity contribution is 6.02. The molecule has 3 aromatic carbocycles. The Morgan fingerprint density at radius 1 is 0.744 bits per heavy atom. The van der Waals surface area contributed by atoms with E-state index in [-0.39, 0.29) is 0 Å². The Balaban J connectivity index is 0.000000782. The van der Waals surface area contributed by atoms with Gasteiger partial charge in [-0.3, -0.25) is 0 Å². The van der Waals surface area contributed by atoms with E-state index < -0.39 is 10.2 Å². The molecule has 0 bridgehead atoms. The van der Waals surface area contributed by atoms with Crippen molar-refractivity contribution in [1.29, 1.82) is 0 Å². The van der Waals surface area contributed by atoms with Crippen LogP contribution in [-0.2, 0) is 0 Å². The Kier molecular flexibility index (Phi) is 10.3. The van der Waals surface area contributed by atoms with Gasteiger partial charge in [0.05, 0.1) is 0 Å². The Labute approximate surface area is 254 Å². The van der Waals surface area contributed by atoms with Crippen LogP contribution in [0.4, 0.5) is 5.69 Å². The molecule has 3 aromatic rings. The lowest BCUT2D eigenvalue weighted by atomic mass is 9.93. The summed E-state index contributed by atoms with van der Waals surface area (Å²) in [4.78, 5) is 2.11. The largest absolute Gasteiger partial charge is 0.457 e. The second-order valence-corrected chi connectivity index (χ2v) is 11.0. The van der Waals surface area contributed by atoms with Gasteiger partial charge in [0.1, 0.15) is 25.6 Å². The van der Waals surface area contributed by atoms with Gasteiger partial charge in [-0.1, -0.05) is 66.8 Å². The molecule has 0 unspecified atom stereocenters. The Morgan fingerprint density at radius 2 is 1.35 bits per heavy atom. The van der Waals surface area contributed by atoms with Crippen molar-refractivity contribution in [3.63, 3.8) is 0 Å². The molecule has 0 spiro atoms. The average molecular weight is 597 g/mol. The fourth-order valence-corrected chi connectivity index (χ4v) is 4.40. The molecule has 1 aliphatic heterocycles. The number of hydrogen-bond acceptors (Lipinski definition) is 6. The van der Waals surface area contributed by atoms with Gasteiger partial charge in [-0.15, -0.1) is 10.2 Å². The van der Waals surface area contributed by atoms with Crippen LogP contribution < -0.4 is 28.3 Å². The fourth-order valence-electron chi connectivity index (χ4n) is 4.40. The van der Waals surface area contributed by atoms with Crippen LogP contribution in [0.25, 0.3) is 17.7 Å². The van der Waals surface area contributed by atoms with Gasteiger partial charge >= 0.3 is 0 Å². The molecule has 0 N–H and O–H groups in total. The summed E-state index contributed by atoms with van der Waals surface area (Å²) in [6.45, 7) is 0. The van der Waals surface area contributed by atoms with Crippen LogP contribution in [0, 0.1) is 10.2 Å². The zero-order chi connectivity index (χ0) is 31.0. The quantitative estimate of drug-likeness (QED) is 0.331. The van der Waals surface area contributed by atoms with Crippen molar-refractivity contribution in [2.45, 2.75) is 0 Å². The minimum atomic E-state index is -4.94. The highest BCUT2D eigenvalue weighted by atomic mass is 35.7. The molecule has 0 atom stereocenters. The first kappa shape index (κ1) is 31.4. The molecule has 0 aromatic heterocycles. The third-order valence-electron chi connectivity index (χ3n) is 6.62. The van der Waals surface area contributed by atoms with Gasteiger partial charge in [-0.05, 0) is 76.4 Å². The highest BCUT2D eigenvalue weighted by Gasteiger charge is 2.18. The van der Waals surface area contributed by atoms with Gasteiger partial charge in [0.2, 0.25) is 0 Å². The van der Waals surface area contributed by atoms with Crippen molar-refractivity contribution >= 4 is 29.1 Å². The van der Waals surface area contributed by atoms with Crippen molar-refractivity contribution in [2.24, 2.45) is 0 Å². The normalized spacial score (nSPS) is 15.0. The van der Waals surface area contributed by atoms with Gasteiger partial charge in [0.15, 0.2) is 5.71 Å². The van der Waals surface area contributed by atoms with Crippen LogP contribution >= 0.6 is 0 Å². The van der Waals surface area contributed by atoms with Gasteiger partial charge < -0.3 is 9.64 Å². The number of halogens is 1. The van der Waals surface area contributed by atoms with Crippen molar-refractivity contribution in [1.82, 2.24) is 0 Å². The van der Waals surface area contributed by atoms with E-state index in [2.05, 4.69) is 139 Å². The van der Waals surface area contributed by atoms with Gasteiger partial charge in [0.25, 0.3) is 0 Å². The molecule has 7 nitrogen and oxygen atoms in total. The van der Waals surface area contributed by atoms with E-state index in [0.29, 0.717) is 0 Å². The SMILES string of the molecule is CN(C)c1ccc(C=Cc2ccc3c(c2)C(c2ccccc2)=C/C(=C/C=C2C=CC(=[N+](C)C)C=C2)O3)cc1.[O-][Cl+3]([O-])([O-])[O-]. The summed E-state index contributed by atoms with van der Waals surface area (Å²) in [5.41, 5.74) is 9.21. The second kappa shape index (κ2) is 14.1. The van der Waals surface area contributed by atoms with E-state index in [9.17, 15) is 0 Å². The maximum absolute atomic E-state index is 8.49. The van der Waals surface area contributed by atoms with Crippen LogP contribution in [0.3, 0.4) is 0 Å². The van der Waals surface area contributed by atoms with Crippen molar-refractivity contribution in [3.05, 3.63) is 149 Å². The number of allylic oxidation sites excluding steroid dienone is 8. The number of anilines is 1. The van der Waals surface area contributed by atoms with Crippen molar-refractivity contribution in [2.75, 3.05) is 33.1 Å². The number of fused-ring (bicyclic) bond motifs is 1. The van der Waals surface area contributed by atoms with Crippen molar-refractivity contribution < 1.29 is 38.2 Å². The fraction of sp³-hybridized carbons (Fsp3) is 0.114. The average Bonchev–Trinajstić information content (AvgIpc) is 2.98. The summed E-state index contributed by atoms with van der Waals surface area (Å²) in [5.74, 6) is 1.68. The smallest absolute Gasteiger partial charge is 0.199 e. The van der Waals surface area contributed by atoms with Crippen LogP contribution in [0.5, 0.6) is 5.75 Å². The third-order valence-corrected chi connectivity index (χ3v) is 6.62. The highest BCUT2D eigenvalue weighted by Crippen LogP contribution is 2.38. The summed E-state index contributed by atoms with van der Waals surface area (Å²) in [6.07, 6.45) is 19.1. The van der Waals surface area contributed by atoms with E-state index >= 15 is 0 Å². The van der Waals surface area contributed by atoms with Crippen LogP contribution in [0.15, 0.2) is 127 Å². The minimum absolute atomic E-state index is 0.817. The molecular formula is C35H33ClN2O5. The van der Waals surface area contributed by atoms with Crippen molar-refractivity contribution in [3.8, 4) is 5.75 Å². The topological polar surface area (TPSA) is 108 Å². The molecule has 1 aliphatic carbocycles. The summed E-state index contributed by atoms with van der Waals surface area (Å²) in [6, 6.07) is 25.5. The van der Waals surface area contributed by atoms with Gasteiger partial charge in [-0.2, -0.15) is 0 Å². The first-order chi connectivity index (χ1) is 20.5. The monoisotopic (exact) mass is 596 g/mol. The molecular weight excluding hydrogens is 564 g/mol. The van der Waals surface area contributed by atoms with Crippen LogP contribution in [0.2, 0.25) is 0 Å². The number of rotatable bonds is 5. The number of hydrogen-bond donors (Lipinski definition) is 0. The molecule has 8 heteroatoms. The summed E-state index contributed by atoms with van der Waals surface area (Å²) < 4.78 is 42.4. The number of benzene rings is 3. The van der Waals surface area contributed by atoms with E-state index in [1.165, 1.54) is 22.5 Å². The summed E-state index contributed by atoms with van der Waals surface area (Å²) >= 11 is 0. The first-order valence-corrected chi connectivity index (χ1v) is 14.7. The lowest BCUT2D eigenvalue weighted by molar-refractivity contribution is -2.00. The maximum atomic E-state index is 8.49. The first-order valence-electron chi connectivity index (χ1n) is 13.5. The molecule has 0 amide bonds. The van der Waals surface area contributed by atoms with E-state index in [1.54, 1.807) is 0 Å². The molecule has 0 fully saturated rings. The zero-order valence-electron chi connectivity index (χ0n) is 24.4. The predicted octanol–water partition coefficient (Wildman–Crippen LogP) is 2.64. The second-order valence-electron chi connectivity index (χ2n) is 10.2. The standard InChI is InChI=1S/C35H33N2O.ClHO4/c1-36(2)30-18-12-26(13-19-30)10-11-28-17-23-35-34(24-28)33(29-8-6-5-7-9-29)25-32(38-35)22-16-27-14-20-31(21-15-27)37(3)4;2-1(3,4)5/h5-25H,1-4H3;(H,2,3,4,5)/q+1;/p-1/b11-10?,32-22-;. The van der Waals surface area contributed by atoms with E-state index in [0.717, 1.165) is 33.8 Å². The number of ether oxygens (including phenoxy) is 1. The molecule has 0 saturated carbocycles. The lowest BCUT2D eigenvalue weighted by Gasteiger charge is -2.21. The summed E-state index contributed by atoms with van der Waals surface area (Å²) in [5, 5.41) is 0. The number of nitrogens with zero attached hydrogens (tertiary/aromatic N) is 2. The van der Waals surface area contributed by atoms with Crippen LogP contribution in [0.1, 0.15) is 22.3 Å². The summed E-state index contributed by atoms with van der Waals surface area (Å²) in [7, 11) is 3.26. The molecule has 0 saturated heterocycles.